The first kappa shape index (κ1) is 9.41. The van der Waals surface area contributed by atoms with Crippen LogP contribution in [-0.4, -0.2) is 4.98 Å². The molecule has 0 aliphatic carbocycles. The van der Waals surface area contributed by atoms with E-state index in [0.29, 0.717) is 0 Å². The summed E-state index contributed by atoms with van der Waals surface area (Å²) < 4.78 is 1.12. The van der Waals surface area contributed by atoms with Crippen molar-refractivity contribution in [3.63, 3.8) is 0 Å². The number of rotatable bonds is 1. The fourth-order valence-electron chi connectivity index (χ4n) is 1.45. The van der Waals surface area contributed by atoms with Gasteiger partial charge in [-0.2, -0.15) is 0 Å². The molecule has 70 valence electrons. The summed E-state index contributed by atoms with van der Waals surface area (Å²) in [6, 6.07) is 10.4. The minimum Gasteiger partial charge on any atom is -0.265 e. The third-order valence-electron chi connectivity index (χ3n) is 2.06. The molecule has 0 amide bonds. The molecule has 1 nitrogen and oxygen atoms in total. The molecule has 0 bridgehead atoms. The number of aromatic nitrogens is 1. The predicted octanol–water partition coefficient (Wildman–Crippen LogP) is 3.82. The zero-order valence-electron chi connectivity index (χ0n) is 7.87. The van der Waals surface area contributed by atoms with Crippen molar-refractivity contribution >= 4 is 15.9 Å². The molecule has 1 heterocycles. The minimum atomic E-state index is 1.12. The van der Waals surface area contributed by atoms with E-state index >= 15 is 0 Å². The molecule has 0 spiro atoms. The molecule has 14 heavy (non-hydrogen) atoms. The highest BCUT2D eigenvalue weighted by atomic mass is 79.9. The van der Waals surface area contributed by atoms with Crippen molar-refractivity contribution in [2.24, 2.45) is 0 Å². The van der Waals surface area contributed by atoms with Gasteiger partial charge in [0.05, 0.1) is 0 Å². The van der Waals surface area contributed by atoms with Gasteiger partial charge in [-0.25, -0.2) is 0 Å². The van der Waals surface area contributed by atoms with Gasteiger partial charge in [0.25, 0.3) is 0 Å². The zero-order valence-corrected chi connectivity index (χ0v) is 9.45. The lowest BCUT2D eigenvalue weighted by atomic mass is 10.1. The minimum absolute atomic E-state index is 1.12. The number of benzene rings is 1. The molecule has 0 aliphatic heterocycles. The summed E-state index contributed by atoms with van der Waals surface area (Å²) in [5.74, 6) is 0. The van der Waals surface area contributed by atoms with Crippen LogP contribution >= 0.6 is 15.9 Å². The lowest BCUT2D eigenvalue weighted by molar-refractivity contribution is 1.33. The molecule has 0 saturated heterocycles. The molecule has 0 N–H and O–H groups in total. The van der Waals surface area contributed by atoms with Crippen LogP contribution in [-0.2, 0) is 0 Å². The fourth-order valence-corrected chi connectivity index (χ4v) is 2.06. The van der Waals surface area contributed by atoms with Gasteiger partial charge in [0.2, 0.25) is 0 Å². The van der Waals surface area contributed by atoms with Crippen molar-refractivity contribution in [3.8, 4) is 11.1 Å². The first-order chi connectivity index (χ1) is 6.75. The highest BCUT2D eigenvalue weighted by Gasteiger charge is 1.98. The maximum atomic E-state index is 4.00. The van der Waals surface area contributed by atoms with Gasteiger partial charge in [0.15, 0.2) is 0 Å². The average molecular weight is 248 g/mol. The van der Waals surface area contributed by atoms with E-state index in [0.717, 1.165) is 4.47 Å². The lowest BCUT2D eigenvalue weighted by Crippen LogP contribution is -1.80. The Morgan fingerprint density at radius 2 is 1.71 bits per heavy atom. The van der Waals surface area contributed by atoms with Crippen LogP contribution in [0.2, 0.25) is 0 Å². The lowest BCUT2D eigenvalue weighted by Gasteiger charge is -2.03. The molecule has 2 aromatic rings. The van der Waals surface area contributed by atoms with E-state index in [9.17, 15) is 0 Å². The van der Waals surface area contributed by atoms with Crippen LogP contribution in [0.3, 0.4) is 0 Å². The molecule has 0 saturated carbocycles. The number of aryl methyl sites for hydroxylation is 1. The summed E-state index contributed by atoms with van der Waals surface area (Å²) in [6.45, 7) is 2.09. The van der Waals surface area contributed by atoms with Crippen LogP contribution in [0.5, 0.6) is 0 Å². The van der Waals surface area contributed by atoms with E-state index in [1.165, 1.54) is 16.7 Å². The largest absolute Gasteiger partial charge is 0.265 e. The molecule has 0 radical (unpaired) electrons. The molecule has 0 fully saturated rings. The third-order valence-corrected chi connectivity index (χ3v) is 2.51. The number of pyridine rings is 1. The van der Waals surface area contributed by atoms with E-state index in [4.69, 9.17) is 0 Å². The number of hydrogen-bond acceptors (Lipinski definition) is 1. The molecule has 1 aromatic carbocycles. The highest BCUT2D eigenvalue weighted by Crippen LogP contribution is 2.24. The maximum absolute atomic E-state index is 4.00. The Labute approximate surface area is 91.9 Å². The molecule has 0 unspecified atom stereocenters. The second-order valence-corrected chi connectivity index (χ2v) is 4.17. The number of halogens is 1. The van der Waals surface area contributed by atoms with E-state index < -0.39 is 0 Å². The van der Waals surface area contributed by atoms with Gasteiger partial charge in [-0.3, -0.25) is 4.98 Å². The fraction of sp³-hybridized carbons (Fsp3) is 0.0833. The van der Waals surface area contributed by atoms with Crippen LogP contribution in [0, 0.1) is 6.92 Å². The van der Waals surface area contributed by atoms with Crippen molar-refractivity contribution in [1.29, 1.82) is 0 Å². The van der Waals surface area contributed by atoms with Crippen LogP contribution in [0.25, 0.3) is 11.1 Å². The first-order valence-corrected chi connectivity index (χ1v) is 5.22. The third kappa shape index (κ3) is 2.02. The van der Waals surface area contributed by atoms with Crippen molar-refractivity contribution in [1.82, 2.24) is 4.98 Å². The summed E-state index contributed by atoms with van der Waals surface area (Å²) in [6.07, 6.45) is 3.62. The number of nitrogens with zero attached hydrogens (tertiary/aromatic N) is 1. The molecular formula is C12H10BrN. The average Bonchev–Trinajstić information content (AvgIpc) is 2.18. The summed E-state index contributed by atoms with van der Waals surface area (Å²) in [5.41, 5.74) is 3.68. The van der Waals surface area contributed by atoms with Crippen LogP contribution in [0.15, 0.2) is 47.2 Å². The van der Waals surface area contributed by atoms with Crippen LogP contribution in [0.1, 0.15) is 5.56 Å². The number of hydrogen-bond donors (Lipinski definition) is 0. The quantitative estimate of drug-likeness (QED) is 0.747. The Hall–Kier alpha value is -1.15. The summed E-state index contributed by atoms with van der Waals surface area (Å²) in [4.78, 5) is 4.00. The Morgan fingerprint density at radius 1 is 1.00 bits per heavy atom. The van der Waals surface area contributed by atoms with Crippen molar-refractivity contribution in [2.75, 3.05) is 0 Å². The smallest absolute Gasteiger partial charge is 0.0273 e. The van der Waals surface area contributed by atoms with E-state index in [2.05, 4.69) is 46.0 Å². The standard InChI is InChI=1S/C12H10BrN/c1-9-6-11(8-12(13)7-9)10-2-4-14-5-3-10/h2-8H,1H3. The molecule has 0 aliphatic rings. The van der Waals surface area contributed by atoms with Gasteiger partial charge in [-0.15, -0.1) is 0 Å². The summed E-state index contributed by atoms with van der Waals surface area (Å²) in [7, 11) is 0. The van der Waals surface area contributed by atoms with Crippen molar-refractivity contribution < 1.29 is 0 Å². The van der Waals surface area contributed by atoms with E-state index in [1.807, 2.05) is 24.5 Å². The van der Waals surface area contributed by atoms with Gasteiger partial charge >= 0.3 is 0 Å². The Morgan fingerprint density at radius 3 is 2.36 bits per heavy atom. The zero-order chi connectivity index (χ0) is 9.97. The Bertz CT molecular complexity index is 417. The molecule has 2 rings (SSSR count). The van der Waals surface area contributed by atoms with E-state index in [-0.39, 0.29) is 0 Å². The SMILES string of the molecule is Cc1cc(Br)cc(-c2ccncc2)c1. The monoisotopic (exact) mass is 247 g/mol. The second-order valence-electron chi connectivity index (χ2n) is 3.25. The van der Waals surface area contributed by atoms with Gasteiger partial charge in [-0.05, 0) is 47.9 Å². The van der Waals surface area contributed by atoms with Crippen LogP contribution < -0.4 is 0 Å². The molecule has 2 heteroatoms. The van der Waals surface area contributed by atoms with Gasteiger partial charge in [-0.1, -0.05) is 22.0 Å². The summed E-state index contributed by atoms with van der Waals surface area (Å²) >= 11 is 3.49. The normalized spacial score (nSPS) is 10.1. The van der Waals surface area contributed by atoms with Crippen molar-refractivity contribution in [3.05, 3.63) is 52.8 Å². The Kier molecular flexibility index (Phi) is 2.64. The molecule has 0 atom stereocenters. The Balaban J connectivity index is 2.52. The van der Waals surface area contributed by atoms with Gasteiger partial charge < -0.3 is 0 Å². The highest BCUT2D eigenvalue weighted by molar-refractivity contribution is 9.10. The maximum Gasteiger partial charge on any atom is 0.0273 e. The van der Waals surface area contributed by atoms with Gasteiger partial charge in [0.1, 0.15) is 0 Å². The van der Waals surface area contributed by atoms with Gasteiger partial charge in [0, 0.05) is 16.9 Å². The predicted molar refractivity (Wildman–Crippen MR) is 62.1 cm³/mol. The second kappa shape index (κ2) is 3.93. The topological polar surface area (TPSA) is 12.9 Å². The van der Waals surface area contributed by atoms with Crippen molar-refractivity contribution in [2.45, 2.75) is 6.92 Å². The molecule has 1 aromatic heterocycles. The summed E-state index contributed by atoms with van der Waals surface area (Å²) in [5, 5.41) is 0. The molecular weight excluding hydrogens is 238 g/mol. The van der Waals surface area contributed by atoms with Crippen LogP contribution in [0.4, 0.5) is 0 Å². The van der Waals surface area contributed by atoms with E-state index in [1.54, 1.807) is 0 Å². The first-order valence-electron chi connectivity index (χ1n) is 4.43.